The van der Waals surface area contributed by atoms with Crippen molar-refractivity contribution in [2.24, 2.45) is 5.73 Å². The average Bonchev–Trinajstić information content (AvgIpc) is 2.43. The third-order valence-corrected chi connectivity index (χ3v) is 2.54. The van der Waals surface area contributed by atoms with Crippen molar-refractivity contribution in [3.8, 4) is 11.5 Å². The van der Waals surface area contributed by atoms with Gasteiger partial charge in [-0.1, -0.05) is 6.58 Å². The summed E-state index contributed by atoms with van der Waals surface area (Å²) in [7, 11) is 4.93. The molecule has 0 saturated heterocycles. The fourth-order valence-corrected chi connectivity index (χ4v) is 1.42. The smallest absolute Gasteiger partial charge is 0.253 e. The SMILES string of the molecule is C=C(CN)COc1ccc(C(=O)N(C)C)cc1OC. The predicted octanol–water partition coefficient (Wildman–Crippen LogP) is 1.29. The zero-order chi connectivity index (χ0) is 14.4. The lowest BCUT2D eigenvalue weighted by atomic mass is 10.2. The Balaban J connectivity index is 2.90. The number of benzene rings is 1. The van der Waals surface area contributed by atoms with Gasteiger partial charge in [-0.15, -0.1) is 0 Å². The molecule has 0 spiro atoms. The van der Waals surface area contributed by atoms with Gasteiger partial charge >= 0.3 is 0 Å². The summed E-state index contributed by atoms with van der Waals surface area (Å²) in [6, 6.07) is 5.06. The van der Waals surface area contributed by atoms with Gasteiger partial charge in [-0.3, -0.25) is 4.79 Å². The van der Waals surface area contributed by atoms with Crippen LogP contribution in [0.25, 0.3) is 0 Å². The van der Waals surface area contributed by atoms with E-state index in [1.54, 1.807) is 32.3 Å². The molecule has 104 valence electrons. The monoisotopic (exact) mass is 264 g/mol. The van der Waals surface area contributed by atoms with Crippen LogP contribution in [0.4, 0.5) is 0 Å². The summed E-state index contributed by atoms with van der Waals surface area (Å²) in [6.07, 6.45) is 0. The van der Waals surface area contributed by atoms with Crippen LogP contribution in [0.3, 0.4) is 0 Å². The molecule has 0 heterocycles. The largest absolute Gasteiger partial charge is 0.493 e. The summed E-state index contributed by atoms with van der Waals surface area (Å²) in [5.41, 5.74) is 6.78. The number of hydrogen-bond acceptors (Lipinski definition) is 4. The van der Waals surface area contributed by atoms with Crippen molar-refractivity contribution < 1.29 is 14.3 Å². The van der Waals surface area contributed by atoms with Crippen LogP contribution in [-0.2, 0) is 0 Å². The van der Waals surface area contributed by atoms with Crippen molar-refractivity contribution in [1.82, 2.24) is 4.90 Å². The van der Waals surface area contributed by atoms with E-state index in [1.807, 2.05) is 0 Å². The Hall–Kier alpha value is -2.01. The summed E-state index contributed by atoms with van der Waals surface area (Å²) in [5, 5.41) is 0. The highest BCUT2D eigenvalue weighted by Gasteiger charge is 2.12. The van der Waals surface area contributed by atoms with Crippen LogP contribution in [0.15, 0.2) is 30.4 Å². The summed E-state index contributed by atoms with van der Waals surface area (Å²) >= 11 is 0. The van der Waals surface area contributed by atoms with E-state index in [9.17, 15) is 4.79 Å². The van der Waals surface area contributed by atoms with Gasteiger partial charge in [-0.2, -0.15) is 0 Å². The summed E-state index contributed by atoms with van der Waals surface area (Å²) in [6.45, 7) is 4.46. The fourth-order valence-electron chi connectivity index (χ4n) is 1.42. The minimum Gasteiger partial charge on any atom is -0.493 e. The number of rotatable bonds is 6. The number of nitrogens with two attached hydrogens (primary N) is 1. The normalized spacial score (nSPS) is 9.89. The van der Waals surface area contributed by atoms with Crippen molar-refractivity contribution in [1.29, 1.82) is 0 Å². The van der Waals surface area contributed by atoms with Gasteiger partial charge in [0.2, 0.25) is 0 Å². The minimum absolute atomic E-state index is 0.0868. The molecule has 5 nitrogen and oxygen atoms in total. The summed E-state index contributed by atoms with van der Waals surface area (Å²) in [5.74, 6) is 0.987. The third kappa shape index (κ3) is 3.99. The molecule has 0 bridgehead atoms. The number of nitrogens with zero attached hydrogens (tertiary/aromatic N) is 1. The first-order chi connectivity index (χ1) is 8.99. The molecule has 0 fully saturated rings. The van der Waals surface area contributed by atoms with Crippen LogP contribution in [-0.4, -0.2) is 45.2 Å². The molecule has 1 aromatic rings. The molecular weight excluding hydrogens is 244 g/mol. The molecule has 0 radical (unpaired) electrons. The lowest BCUT2D eigenvalue weighted by Crippen LogP contribution is -2.21. The van der Waals surface area contributed by atoms with E-state index in [1.165, 1.54) is 12.0 Å². The maximum absolute atomic E-state index is 11.8. The van der Waals surface area contributed by atoms with Crippen molar-refractivity contribution in [3.05, 3.63) is 35.9 Å². The van der Waals surface area contributed by atoms with E-state index in [-0.39, 0.29) is 5.91 Å². The Morgan fingerprint density at radius 2 is 2.05 bits per heavy atom. The van der Waals surface area contributed by atoms with E-state index >= 15 is 0 Å². The molecule has 0 saturated carbocycles. The van der Waals surface area contributed by atoms with Crippen LogP contribution in [0, 0.1) is 0 Å². The van der Waals surface area contributed by atoms with Crippen LogP contribution in [0.1, 0.15) is 10.4 Å². The van der Waals surface area contributed by atoms with Gasteiger partial charge in [0.05, 0.1) is 7.11 Å². The molecule has 0 aliphatic rings. The Bertz CT molecular complexity index is 470. The molecule has 0 aliphatic carbocycles. The molecule has 5 heteroatoms. The Labute approximate surface area is 113 Å². The number of hydrogen-bond donors (Lipinski definition) is 1. The highest BCUT2D eigenvalue weighted by Crippen LogP contribution is 2.28. The quantitative estimate of drug-likeness (QED) is 0.786. The average molecular weight is 264 g/mol. The fraction of sp³-hybridized carbons (Fsp3) is 0.357. The van der Waals surface area contributed by atoms with E-state index in [0.29, 0.717) is 30.2 Å². The van der Waals surface area contributed by atoms with E-state index in [2.05, 4.69) is 6.58 Å². The number of carbonyl (C=O) groups excluding carboxylic acids is 1. The lowest BCUT2D eigenvalue weighted by Gasteiger charge is -2.14. The van der Waals surface area contributed by atoms with Crippen LogP contribution < -0.4 is 15.2 Å². The highest BCUT2D eigenvalue weighted by atomic mass is 16.5. The lowest BCUT2D eigenvalue weighted by molar-refractivity contribution is 0.0827. The van der Waals surface area contributed by atoms with Gasteiger partial charge in [0.1, 0.15) is 6.61 Å². The standard InChI is InChI=1S/C14H20N2O3/c1-10(8-15)9-19-12-6-5-11(7-13(12)18-4)14(17)16(2)3/h5-7H,1,8-9,15H2,2-4H3. The Morgan fingerprint density at radius 3 is 2.58 bits per heavy atom. The highest BCUT2D eigenvalue weighted by molar-refractivity contribution is 5.94. The zero-order valence-corrected chi connectivity index (χ0v) is 11.6. The zero-order valence-electron chi connectivity index (χ0n) is 11.6. The maximum atomic E-state index is 11.8. The molecular formula is C14H20N2O3. The van der Waals surface area contributed by atoms with Crippen molar-refractivity contribution in [3.63, 3.8) is 0 Å². The topological polar surface area (TPSA) is 64.8 Å². The molecule has 1 amide bonds. The second kappa shape index (κ2) is 6.80. The van der Waals surface area contributed by atoms with Gasteiger partial charge in [-0.05, 0) is 23.8 Å². The molecule has 2 N–H and O–H groups in total. The van der Waals surface area contributed by atoms with Crippen molar-refractivity contribution in [2.75, 3.05) is 34.4 Å². The Kier molecular flexibility index (Phi) is 5.38. The summed E-state index contributed by atoms with van der Waals surface area (Å²) < 4.78 is 10.8. The van der Waals surface area contributed by atoms with Crippen molar-refractivity contribution in [2.45, 2.75) is 0 Å². The second-order valence-electron chi connectivity index (χ2n) is 4.31. The minimum atomic E-state index is -0.0868. The molecule has 1 aromatic carbocycles. The second-order valence-corrected chi connectivity index (χ2v) is 4.31. The van der Waals surface area contributed by atoms with Crippen LogP contribution in [0.5, 0.6) is 11.5 Å². The number of amides is 1. The van der Waals surface area contributed by atoms with E-state index < -0.39 is 0 Å². The van der Waals surface area contributed by atoms with E-state index in [0.717, 1.165) is 5.57 Å². The molecule has 0 aromatic heterocycles. The first kappa shape index (κ1) is 15.0. The summed E-state index contributed by atoms with van der Waals surface area (Å²) in [4.78, 5) is 13.3. The maximum Gasteiger partial charge on any atom is 0.253 e. The molecule has 1 rings (SSSR count). The number of methoxy groups -OCH3 is 1. The van der Waals surface area contributed by atoms with Gasteiger partial charge in [0.15, 0.2) is 11.5 Å². The van der Waals surface area contributed by atoms with Crippen LogP contribution >= 0.6 is 0 Å². The van der Waals surface area contributed by atoms with Gasteiger partial charge in [-0.25, -0.2) is 0 Å². The third-order valence-electron chi connectivity index (χ3n) is 2.54. The number of ether oxygens (including phenoxy) is 2. The van der Waals surface area contributed by atoms with Crippen LogP contribution in [0.2, 0.25) is 0 Å². The molecule has 0 aliphatic heterocycles. The number of carbonyl (C=O) groups is 1. The van der Waals surface area contributed by atoms with E-state index in [4.69, 9.17) is 15.2 Å². The van der Waals surface area contributed by atoms with Crippen molar-refractivity contribution >= 4 is 5.91 Å². The van der Waals surface area contributed by atoms with Gasteiger partial charge < -0.3 is 20.1 Å². The van der Waals surface area contributed by atoms with Gasteiger partial charge in [0, 0.05) is 26.2 Å². The predicted molar refractivity (Wildman–Crippen MR) is 74.7 cm³/mol. The molecule has 19 heavy (non-hydrogen) atoms. The first-order valence-electron chi connectivity index (χ1n) is 5.88. The first-order valence-corrected chi connectivity index (χ1v) is 5.88. The molecule has 0 atom stereocenters. The Morgan fingerprint density at radius 1 is 1.37 bits per heavy atom. The van der Waals surface area contributed by atoms with Gasteiger partial charge in [0.25, 0.3) is 5.91 Å². The molecule has 0 unspecified atom stereocenters.